The molecule has 0 bridgehead atoms. The number of pyridine rings is 1. The highest BCUT2D eigenvalue weighted by atomic mass is 19.1. The zero-order valence-corrected chi connectivity index (χ0v) is 13.9. The van der Waals surface area contributed by atoms with Gasteiger partial charge in [0.05, 0.1) is 25.0 Å². The van der Waals surface area contributed by atoms with Crippen molar-refractivity contribution in [2.24, 2.45) is 5.10 Å². The van der Waals surface area contributed by atoms with E-state index in [1.54, 1.807) is 24.7 Å². The lowest BCUT2D eigenvalue weighted by atomic mass is 10.1. The smallest absolute Gasteiger partial charge is 0.268 e. The highest BCUT2D eigenvalue weighted by Crippen LogP contribution is 2.17. The molecular formula is C19H16FN5O. The van der Waals surface area contributed by atoms with Gasteiger partial charge in [0, 0.05) is 36.1 Å². The van der Waals surface area contributed by atoms with E-state index in [2.05, 4.69) is 15.2 Å². The molecule has 0 saturated heterocycles. The number of hydrogen-bond donors (Lipinski definition) is 0. The molecule has 130 valence electrons. The van der Waals surface area contributed by atoms with Gasteiger partial charge in [-0.1, -0.05) is 6.07 Å². The van der Waals surface area contributed by atoms with E-state index in [1.807, 2.05) is 23.0 Å². The molecule has 1 aromatic carbocycles. The zero-order valence-electron chi connectivity index (χ0n) is 13.9. The predicted octanol–water partition coefficient (Wildman–Crippen LogP) is 2.72. The second kappa shape index (κ2) is 6.87. The average molecular weight is 349 g/mol. The Labute approximate surface area is 149 Å². The van der Waals surface area contributed by atoms with E-state index < -0.39 is 5.82 Å². The van der Waals surface area contributed by atoms with Crippen molar-refractivity contribution < 1.29 is 9.18 Å². The van der Waals surface area contributed by atoms with Crippen LogP contribution in [0.4, 0.5) is 4.39 Å². The molecule has 1 aliphatic heterocycles. The van der Waals surface area contributed by atoms with Gasteiger partial charge in [0.15, 0.2) is 0 Å². The van der Waals surface area contributed by atoms with Crippen molar-refractivity contribution in [2.45, 2.75) is 13.0 Å². The Hall–Kier alpha value is -3.35. The third-order valence-electron chi connectivity index (χ3n) is 4.17. The lowest BCUT2D eigenvalue weighted by molar-refractivity contribution is 0.0778. The van der Waals surface area contributed by atoms with E-state index >= 15 is 0 Å². The molecule has 0 unspecified atom stereocenters. The zero-order chi connectivity index (χ0) is 17.9. The third kappa shape index (κ3) is 3.37. The Balaban J connectivity index is 1.49. The van der Waals surface area contributed by atoms with Crippen LogP contribution in [0.1, 0.15) is 27.9 Å². The van der Waals surface area contributed by atoms with E-state index in [9.17, 15) is 9.18 Å². The minimum Gasteiger partial charge on any atom is -0.268 e. The summed E-state index contributed by atoms with van der Waals surface area (Å²) < 4.78 is 15.1. The molecule has 0 spiro atoms. The first-order valence-electron chi connectivity index (χ1n) is 8.26. The van der Waals surface area contributed by atoms with Crippen molar-refractivity contribution in [1.29, 1.82) is 0 Å². The maximum absolute atomic E-state index is 13.3. The Bertz CT molecular complexity index is 967. The van der Waals surface area contributed by atoms with Crippen LogP contribution in [-0.2, 0) is 6.54 Å². The van der Waals surface area contributed by atoms with Crippen LogP contribution in [0.5, 0.6) is 0 Å². The molecule has 2 aromatic heterocycles. The van der Waals surface area contributed by atoms with Gasteiger partial charge in [-0.25, -0.2) is 9.40 Å². The monoisotopic (exact) mass is 349 g/mol. The van der Waals surface area contributed by atoms with Gasteiger partial charge in [0.2, 0.25) is 0 Å². The van der Waals surface area contributed by atoms with Gasteiger partial charge in [0.25, 0.3) is 5.91 Å². The first-order chi connectivity index (χ1) is 12.7. The molecule has 26 heavy (non-hydrogen) atoms. The van der Waals surface area contributed by atoms with E-state index in [-0.39, 0.29) is 5.91 Å². The number of amides is 1. The standard InChI is InChI=1S/C19H16FN5O/c20-17-3-1-2-15(10-17)19(26)25-9-6-18(23-25)16-11-22-24(13-16)12-14-4-7-21-8-5-14/h1-5,7-8,10-11,13H,6,9,12H2. The molecule has 7 heteroatoms. The van der Waals surface area contributed by atoms with Crippen LogP contribution >= 0.6 is 0 Å². The molecular weight excluding hydrogens is 333 g/mol. The van der Waals surface area contributed by atoms with Crippen molar-refractivity contribution in [1.82, 2.24) is 19.8 Å². The molecule has 3 aromatic rings. The number of nitrogens with zero attached hydrogens (tertiary/aromatic N) is 5. The normalized spacial score (nSPS) is 13.7. The first-order valence-corrected chi connectivity index (χ1v) is 8.26. The summed E-state index contributed by atoms with van der Waals surface area (Å²) >= 11 is 0. The highest BCUT2D eigenvalue weighted by molar-refractivity contribution is 6.04. The topological polar surface area (TPSA) is 63.4 Å². The maximum atomic E-state index is 13.3. The summed E-state index contributed by atoms with van der Waals surface area (Å²) in [5.41, 5.74) is 3.08. The molecule has 3 heterocycles. The van der Waals surface area contributed by atoms with Crippen molar-refractivity contribution in [3.8, 4) is 0 Å². The van der Waals surface area contributed by atoms with E-state index in [1.165, 1.54) is 23.2 Å². The molecule has 0 N–H and O–H groups in total. The summed E-state index contributed by atoms with van der Waals surface area (Å²) in [4.78, 5) is 16.4. The second-order valence-electron chi connectivity index (χ2n) is 6.02. The second-order valence-corrected chi connectivity index (χ2v) is 6.02. The fourth-order valence-electron chi connectivity index (χ4n) is 2.85. The lowest BCUT2D eigenvalue weighted by Crippen LogP contribution is -2.23. The molecule has 0 atom stereocenters. The van der Waals surface area contributed by atoms with Gasteiger partial charge in [-0.15, -0.1) is 0 Å². The van der Waals surface area contributed by atoms with E-state index in [4.69, 9.17) is 0 Å². The van der Waals surface area contributed by atoms with E-state index in [0.29, 0.717) is 25.1 Å². The molecule has 0 aliphatic carbocycles. The van der Waals surface area contributed by atoms with Gasteiger partial charge in [-0.05, 0) is 35.9 Å². The fourth-order valence-corrected chi connectivity index (χ4v) is 2.85. The van der Waals surface area contributed by atoms with Crippen molar-refractivity contribution in [2.75, 3.05) is 6.54 Å². The van der Waals surface area contributed by atoms with Crippen LogP contribution in [0.3, 0.4) is 0 Å². The molecule has 0 radical (unpaired) electrons. The van der Waals surface area contributed by atoms with Gasteiger partial charge in [-0.3, -0.25) is 14.5 Å². The Morgan fingerprint density at radius 3 is 2.85 bits per heavy atom. The minimum atomic E-state index is -0.434. The number of hydrogen-bond acceptors (Lipinski definition) is 4. The third-order valence-corrected chi connectivity index (χ3v) is 4.17. The van der Waals surface area contributed by atoms with Crippen LogP contribution in [0.15, 0.2) is 66.3 Å². The first kappa shape index (κ1) is 16.1. The average Bonchev–Trinajstić information content (AvgIpc) is 3.31. The summed E-state index contributed by atoms with van der Waals surface area (Å²) in [5, 5.41) is 10.1. The summed E-state index contributed by atoms with van der Waals surface area (Å²) in [7, 11) is 0. The van der Waals surface area contributed by atoms with Crippen LogP contribution in [0.25, 0.3) is 0 Å². The quantitative estimate of drug-likeness (QED) is 0.727. The summed E-state index contributed by atoms with van der Waals surface area (Å²) in [6.07, 6.45) is 7.79. The number of halogens is 1. The number of benzene rings is 1. The van der Waals surface area contributed by atoms with Crippen molar-refractivity contribution >= 4 is 11.6 Å². The van der Waals surface area contributed by atoms with Crippen LogP contribution in [0.2, 0.25) is 0 Å². The molecule has 0 fully saturated rings. The maximum Gasteiger partial charge on any atom is 0.274 e. The molecule has 1 amide bonds. The highest BCUT2D eigenvalue weighted by Gasteiger charge is 2.23. The summed E-state index contributed by atoms with van der Waals surface area (Å²) in [6, 6.07) is 9.52. The van der Waals surface area contributed by atoms with Gasteiger partial charge < -0.3 is 0 Å². The van der Waals surface area contributed by atoms with Crippen LogP contribution in [0, 0.1) is 5.82 Å². The number of carbonyl (C=O) groups is 1. The molecule has 6 nitrogen and oxygen atoms in total. The fraction of sp³-hybridized carbons (Fsp3) is 0.158. The Morgan fingerprint density at radius 1 is 1.19 bits per heavy atom. The molecule has 4 rings (SSSR count). The Morgan fingerprint density at radius 2 is 2.04 bits per heavy atom. The summed E-state index contributed by atoms with van der Waals surface area (Å²) in [6.45, 7) is 1.11. The number of rotatable bonds is 4. The SMILES string of the molecule is O=C(c1cccc(F)c1)N1CCC(c2cnn(Cc3ccncc3)c2)=N1. The van der Waals surface area contributed by atoms with Gasteiger partial charge in [-0.2, -0.15) is 10.2 Å². The van der Waals surface area contributed by atoms with E-state index in [0.717, 1.165) is 16.8 Å². The number of carbonyl (C=O) groups excluding carboxylic acids is 1. The van der Waals surface area contributed by atoms with Crippen LogP contribution in [-0.4, -0.2) is 37.9 Å². The summed E-state index contributed by atoms with van der Waals surface area (Å²) in [5.74, 6) is -0.736. The largest absolute Gasteiger partial charge is 0.274 e. The minimum absolute atomic E-state index is 0.295. The number of hydrazone groups is 1. The Kier molecular flexibility index (Phi) is 4.27. The molecule has 0 saturated carbocycles. The van der Waals surface area contributed by atoms with Gasteiger partial charge in [0.1, 0.15) is 5.82 Å². The predicted molar refractivity (Wildman–Crippen MR) is 94.2 cm³/mol. The number of aromatic nitrogens is 3. The van der Waals surface area contributed by atoms with Crippen molar-refractivity contribution in [3.63, 3.8) is 0 Å². The van der Waals surface area contributed by atoms with Crippen LogP contribution < -0.4 is 0 Å². The lowest BCUT2D eigenvalue weighted by Gasteiger charge is -2.11. The van der Waals surface area contributed by atoms with Gasteiger partial charge >= 0.3 is 0 Å². The van der Waals surface area contributed by atoms with Crippen molar-refractivity contribution in [3.05, 3.63) is 83.7 Å². The molecule has 1 aliphatic rings.